The van der Waals surface area contributed by atoms with Crippen molar-refractivity contribution in [1.29, 1.82) is 0 Å². The molecule has 2 aromatic rings. The Labute approximate surface area is 141 Å². The van der Waals surface area contributed by atoms with Gasteiger partial charge < -0.3 is 20.0 Å². The number of benzene rings is 2. The molecule has 122 valence electrons. The van der Waals surface area contributed by atoms with Gasteiger partial charge >= 0.3 is 0 Å². The second-order valence-electron chi connectivity index (χ2n) is 6.38. The Hall–Kier alpha value is -1.85. The molecule has 0 fully saturated rings. The second kappa shape index (κ2) is 6.34. The quantitative estimate of drug-likeness (QED) is 0.890. The molecule has 3 rings (SSSR count). The van der Waals surface area contributed by atoms with Gasteiger partial charge in [-0.15, -0.1) is 0 Å². The Balaban J connectivity index is 2.01. The van der Waals surface area contributed by atoms with Crippen LogP contribution < -0.4 is 4.90 Å². The van der Waals surface area contributed by atoms with Gasteiger partial charge in [-0.2, -0.15) is 0 Å². The number of rotatable bonds is 4. The third kappa shape index (κ3) is 3.41. The topological polar surface area (TPSA) is 46.9 Å². The van der Waals surface area contributed by atoms with Gasteiger partial charge in [0.2, 0.25) is 0 Å². The van der Waals surface area contributed by atoms with Gasteiger partial charge in [-0.1, -0.05) is 18.7 Å². The Kier molecular flexibility index (Phi) is 4.41. The van der Waals surface area contributed by atoms with Crippen LogP contribution in [0.2, 0.25) is 0 Å². The molecule has 1 aliphatic rings. The van der Waals surface area contributed by atoms with Crippen molar-refractivity contribution in [2.45, 2.75) is 16.7 Å². The summed E-state index contributed by atoms with van der Waals surface area (Å²) in [7, 11) is 4.16. The van der Waals surface area contributed by atoms with Crippen molar-refractivity contribution in [1.82, 2.24) is 4.90 Å². The van der Waals surface area contributed by atoms with Crippen molar-refractivity contribution in [3.63, 3.8) is 0 Å². The van der Waals surface area contributed by atoms with Crippen molar-refractivity contribution in [3.05, 3.63) is 36.4 Å². The highest BCUT2D eigenvalue weighted by Gasteiger charge is 2.25. The van der Waals surface area contributed by atoms with Crippen LogP contribution in [0.15, 0.2) is 46.2 Å². The van der Waals surface area contributed by atoms with E-state index in [9.17, 15) is 10.2 Å². The molecule has 0 spiro atoms. The third-order valence-electron chi connectivity index (χ3n) is 3.86. The van der Waals surface area contributed by atoms with Gasteiger partial charge in [-0.3, -0.25) is 0 Å². The number of phenolic OH excluding ortho intramolecular Hbond substituents is 2. The molecular weight excluding hydrogens is 308 g/mol. The lowest BCUT2D eigenvalue weighted by molar-refractivity contribution is 0.342. The van der Waals surface area contributed by atoms with E-state index < -0.39 is 0 Å². The standard InChI is InChI=1S/C18H22N2O2S/c1-12(10-19(2)3)11-20-15-6-4-14(22)9-18(15)23-17-7-5-13(21)8-16(17)20/h4-9,12,21-22H,10-11H2,1-3H3/t12-/m0/s1. The fraction of sp³-hybridized carbons (Fsp3) is 0.333. The Bertz CT molecular complexity index is 718. The zero-order valence-corrected chi connectivity index (χ0v) is 14.5. The highest BCUT2D eigenvalue weighted by Crippen LogP contribution is 2.50. The molecule has 4 nitrogen and oxygen atoms in total. The Morgan fingerprint density at radius 3 is 2.43 bits per heavy atom. The van der Waals surface area contributed by atoms with Gasteiger partial charge in [0, 0.05) is 28.9 Å². The summed E-state index contributed by atoms with van der Waals surface area (Å²) < 4.78 is 0. The van der Waals surface area contributed by atoms with Gasteiger partial charge in [-0.05, 0) is 50.3 Å². The lowest BCUT2D eigenvalue weighted by Gasteiger charge is -2.35. The molecule has 1 heterocycles. The minimum Gasteiger partial charge on any atom is -0.508 e. The average Bonchev–Trinajstić information content (AvgIpc) is 2.46. The summed E-state index contributed by atoms with van der Waals surface area (Å²) in [4.78, 5) is 6.57. The SMILES string of the molecule is C[C@@H](CN(C)C)CN1c2ccc(O)cc2Sc2ccc(O)cc21. The van der Waals surface area contributed by atoms with Crippen LogP contribution in [0.4, 0.5) is 11.4 Å². The highest BCUT2D eigenvalue weighted by molar-refractivity contribution is 7.99. The molecule has 0 saturated carbocycles. The highest BCUT2D eigenvalue weighted by atomic mass is 32.2. The first kappa shape index (κ1) is 16.0. The van der Waals surface area contributed by atoms with Crippen LogP contribution >= 0.6 is 11.8 Å². The van der Waals surface area contributed by atoms with Crippen molar-refractivity contribution in [2.24, 2.45) is 5.92 Å². The molecule has 0 radical (unpaired) electrons. The summed E-state index contributed by atoms with van der Waals surface area (Å²) in [6, 6.07) is 10.9. The Morgan fingerprint density at radius 2 is 1.70 bits per heavy atom. The van der Waals surface area contributed by atoms with Crippen molar-refractivity contribution < 1.29 is 10.2 Å². The number of anilines is 2. The van der Waals surface area contributed by atoms with Crippen LogP contribution in [-0.4, -0.2) is 42.3 Å². The average molecular weight is 330 g/mol. The lowest BCUT2D eigenvalue weighted by Crippen LogP contribution is -2.31. The summed E-state index contributed by atoms with van der Waals surface area (Å²) in [5, 5.41) is 19.7. The molecule has 2 aromatic carbocycles. The van der Waals surface area contributed by atoms with Gasteiger partial charge in [-0.25, -0.2) is 0 Å². The molecule has 0 amide bonds. The maximum absolute atomic E-state index is 9.89. The normalized spacial score (nSPS) is 14.5. The molecule has 0 bridgehead atoms. The van der Waals surface area contributed by atoms with Crippen LogP contribution in [0.1, 0.15) is 6.92 Å². The number of fused-ring (bicyclic) bond motifs is 2. The number of nitrogens with zero attached hydrogens (tertiary/aromatic N) is 2. The van der Waals surface area contributed by atoms with Crippen molar-refractivity contribution >= 4 is 23.1 Å². The molecule has 0 unspecified atom stereocenters. The van der Waals surface area contributed by atoms with Crippen molar-refractivity contribution in [2.75, 3.05) is 32.1 Å². The summed E-state index contributed by atoms with van der Waals surface area (Å²) in [6.07, 6.45) is 0. The van der Waals surface area contributed by atoms with Crippen LogP contribution in [0, 0.1) is 5.92 Å². The summed E-state index contributed by atoms with van der Waals surface area (Å²) in [5.74, 6) is 1.02. The fourth-order valence-electron chi connectivity index (χ4n) is 3.05. The lowest BCUT2D eigenvalue weighted by atomic mass is 10.1. The van der Waals surface area contributed by atoms with Gasteiger partial charge in [0.05, 0.1) is 11.4 Å². The maximum atomic E-state index is 9.89. The van der Waals surface area contributed by atoms with E-state index >= 15 is 0 Å². The van der Waals surface area contributed by atoms with E-state index in [2.05, 4.69) is 30.8 Å². The van der Waals surface area contributed by atoms with E-state index in [0.717, 1.165) is 34.3 Å². The molecule has 1 atom stereocenters. The fourth-order valence-corrected chi connectivity index (χ4v) is 4.16. The van der Waals surface area contributed by atoms with Crippen molar-refractivity contribution in [3.8, 4) is 11.5 Å². The first-order valence-corrected chi connectivity index (χ1v) is 8.52. The third-order valence-corrected chi connectivity index (χ3v) is 4.97. The minimum atomic E-state index is 0.275. The van der Waals surface area contributed by atoms with E-state index in [1.165, 1.54) is 0 Å². The van der Waals surface area contributed by atoms with E-state index in [1.54, 1.807) is 30.0 Å². The molecule has 0 saturated heterocycles. The number of hydrogen-bond donors (Lipinski definition) is 2. The molecule has 1 aliphatic heterocycles. The first-order valence-electron chi connectivity index (χ1n) is 7.70. The summed E-state index contributed by atoms with van der Waals surface area (Å²) in [6.45, 7) is 4.07. The summed E-state index contributed by atoms with van der Waals surface area (Å²) >= 11 is 1.63. The molecule has 23 heavy (non-hydrogen) atoms. The van der Waals surface area contributed by atoms with Gasteiger partial charge in [0.15, 0.2) is 0 Å². The largest absolute Gasteiger partial charge is 0.508 e. The molecule has 0 aromatic heterocycles. The number of phenols is 2. The molecular formula is C18H22N2O2S. The number of aromatic hydroxyl groups is 2. The maximum Gasteiger partial charge on any atom is 0.117 e. The smallest absolute Gasteiger partial charge is 0.117 e. The van der Waals surface area contributed by atoms with E-state index in [4.69, 9.17) is 0 Å². The zero-order valence-electron chi connectivity index (χ0n) is 13.7. The van der Waals surface area contributed by atoms with E-state index in [0.29, 0.717) is 5.92 Å². The van der Waals surface area contributed by atoms with Crippen LogP contribution in [-0.2, 0) is 0 Å². The predicted octanol–water partition coefficient (Wildman–Crippen LogP) is 3.90. The predicted molar refractivity (Wildman–Crippen MR) is 95.1 cm³/mol. The number of hydrogen-bond acceptors (Lipinski definition) is 5. The van der Waals surface area contributed by atoms with E-state index in [-0.39, 0.29) is 11.5 Å². The van der Waals surface area contributed by atoms with Crippen LogP contribution in [0.3, 0.4) is 0 Å². The molecule has 5 heteroatoms. The van der Waals surface area contributed by atoms with Crippen LogP contribution in [0.5, 0.6) is 11.5 Å². The Morgan fingerprint density at radius 1 is 1.00 bits per heavy atom. The summed E-state index contributed by atoms with van der Waals surface area (Å²) in [5.41, 5.74) is 2.11. The van der Waals surface area contributed by atoms with Gasteiger partial charge in [0.25, 0.3) is 0 Å². The zero-order chi connectivity index (χ0) is 16.6. The molecule has 2 N–H and O–H groups in total. The first-order chi connectivity index (χ1) is 10.9. The van der Waals surface area contributed by atoms with E-state index in [1.807, 2.05) is 18.2 Å². The second-order valence-corrected chi connectivity index (χ2v) is 7.47. The molecule has 0 aliphatic carbocycles. The van der Waals surface area contributed by atoms with Crippen LogP contribution in [0.25, 0.3) is 0 Å². The van der Waals surface area contributed by atoms with Gasteiger partial charge in [0.1, 0.15) is 11.5 Å². The monoisotopic (exact) mass is 330 g/mol. The minimum absolute atomic E-state index is 0.275.